The Balaban J connectivity index is 3.07. The third-order valence-electron chi connectivity index (χ3n) is 3.32. The maximum atomic E-state index is 12.1. The summed E-state index contributed by atoms with van der Waals surface area (Å²) in [4.78, 5) is 15.3. The van der Waals surface area contributed by atoms with Crippen LogP contribution in [-0.4, -0.2) is 45.9 Å². The minimum Gasteiger partial charge on any atom is -0.364 e. The smallest absolute Gasteiger partial charge is 0.242 e. The number of carbonyl (C=O) groups is 1. The van der Waals surface area contributed by atoms with Gasteiger partial charge in [0.25, 0.3) is 0 Å². The van der Waals surface area contributed by atoms with Gasteiger partial charge in [0.2, 0.25) is 15.9 Å². The van der Waals surface area contributed by atoms with Crippen molar-refractivity contribution in [2.24, 2.45) is 5.14 Å². The van der Waals surface area contributed by atoms with Crippen LogP contribution in [-0.2, 0) is 14.8 Å². The first kappa shape index (κ1) is 17.9. The molecule has 22 heavy (non-hydrogen) atoms. The van der Waals surface area contributed by atoms with Crippen molar-refractivity contribution in [3.8, 4) is 6.07 Å². The Morgan fingerprint density at radius 3 is 2.36 bits per heavy atom. The van der Waals surface area contributed by atoms with Gasteiger partial charge in [-0.15, -0.1) is 0 Å². The molecule has 2 N–H and O–H groups in total. The molecule has 1 rings (SSSR count). The van der Waals surface area contributed by atoms with Crippen molar-refractivity contribution in [2.75, 3.05) is 31.6 Å². The fourth-order valence-corrected chi connectivity index (χ4v) is 2.62. The summed E-state index contributed by atoms with van der Waals surface area (Å²) in [6, 6.07) is 5.95. The van der Waals surface area contributed by atoms with E-state index in [1.807, 2.05) is 19.9 Å². The van der Waals surface area contributed by atoms with Crippen LogP contribution in [0.3, 0.4) is 0 Å². The Morgan fingerprint density at radius 1 is 1.32 bits per heavy atom. The predicted octanol–water partition coefficient (Wildman–Crippen LogP) is 0.510. The maximum Gasteiger partial charge on any atom is 0.242 e. The molecule has 0 aliphatic rings. The van der Waals surface area contributed by atoms with E-state index in [4.69, 9.17) is 5.14 Å². The fourth-order valence-electron chi connectivity index (χ4n) is 2.08. The van der Waals surface area contributed by atoms with E-state index in [2.05, 4.69) is 0 Å². The van der Waals surface area contributed by atoms with Gasteiger partial charge in [0.15, 0.2) is 0 Å². The van der Waals surface area contributed by atoms with Crippen molar-refractivity contribution in [1.82, 2.24) is 4.90 Å². The maximum absolute atomic E-state index is 12.1. The van der Waals surface area contributed by atoms with Gasteiger partial charge in [-0.2, -0.15) is 5.26 Å². The molecule has 1 amide bonds. The molecule has 0 fully saturated rings. The molecule has 0 aliphatic heterocycles. The summed E-state index contributed by atoms with van der Waals surface area (Å²) in [7, 11) is -2.19. The molecule has 0 saturated carbocycles. The zero-order valence-corrected chi connectivity index (χ0v) is 13.7. The van der Waals surface area contributed by atoms with Crippen molar-refractivity contribution in [1.29, 1.82) is 5.26 Å². The third-order valence-corrected chi connectivity index (χ3v) is 4.23. The molecule has 1 aromatic carbocycles. The monoisotopic (exact) mass is 324 g/mol. The molecule has 120 valence electrons. The van der Waals surface area contributed by atoms with Crippen LogP contribution in [0.5, 0.6) is 0 Å². The Labute approximate surface area is 131 Å². The summed E-state index contributed by atoms with van der Waals surface area (Å²) in [5.41, 5.74) is 0.636. The first-order valence-electron chi connectivity index (χ1n) is 6.80. The van der Waals surface area contributed by atoms with E-state index < -0.39 is 10.0 Å². The number of nitrogens with two attached hydrogens (primary N) is 1. The highest BCUT2D eigenvalue weighted by Gasteiger charge is 2.17. The van der Waals surface area contributed by atoms with Gasteiger partial charge < -0.3 is 9.80 Å². The normalized spacial score (nSPS) is 10.9. The summed E-state index contributed by atoms with van der Waals surface area (Å²) >= 11 is 0. The molecule has 0 atom stereocenters. The molecule has 0 unspecified atom stereocenters. The number of benzene rings is 1. The van der Waals surface area contributed by atoms with Crippen LogP contribution in [0, 0.1) is 11.3 Å². The van der Waals surface area contributed by atoms with Crippen molar-refractivity contribution in [2.45, 2.75) is 18.7 Å². The molecular formula is C14H20N4O3S. The largest absolute Gasteiger partial charge is 0.364 e. The topological polar surface area (TPSA) is 108 Å². The summed E-state index contributed by atoms with van der Waals surface area (Å²) in [6.45, 7) is 5.11. The Morgan fingerprint density at radius 2 is 1.91 bits per heavy atom. The number of primary sulfonamides is 1. The van der Waals surface area contributed by atoms with E-state index in [1.165, 1.54) is 18.2 Å². The molecule has 0 heterocycles. The second kappa shape index (κ2) is 7.24. The highest BCUT2D eigenvalue weighted by atomic mass is 32.2. The zero-order chi connectivity index (χ0) is 16.9. The molecular weight excluding hydrogens is 304 g/mol. The van der Waals surface area contributed by atoms with Gasteiger partial charge in [-0.25, -0.2) is 13.6 Å². The van der Waals surface area contributed by atoms with Gasteiger partial charge in [-0.1, -0.05) is 0 Å². The van der Waals surface area contributed by atoms with Crippen LogP contribution in [0.4, 0.5) is 5.69 Å². The van der Waals surface area contributed by atoms with Gasteiger partial charge in [0.1, 0.15) is 6.07 Å². The number of sulfonamides is 1. The number of anilines is 1. The van der Waals surface area contributed by atoms with E-state index in [-0.39, 0.29) is 22.9 Å². The standard InChI is InChI=1S/C14H20N4O3S/c1-4-18(5-2)14(19)10-17(3)13-7-6-12(22(16,20)21)8-11(13)9-15/h6-8H,4-5,10H2,1-3H3,(H2,16,20,21). The van der Waals surface area contributed by atoms with Gasteiger partial charge in [0, 0.05) is 20.1 Å². The van der Waals surface area contributed by atoms with Gasteiger partial charge in [-0.3, -0.25) is 4.79 Å². The number of amides is 1. The van der Waals surface area contributed by atoms with Crippen molar-refractivity contribution in [3.05, 3.63) is 23.8 Å². The summed E-state index contributed by atoms with van der Waals surface area (Å²) in [5, 5.41) is 14.2. The van der Waals surface area contributed by atoms with Crippen LogP contribution in [0.15, 0.2) is 23.1 Å². The van der Waals surface area contributed by atoms with E-state index >= 15 is 0 Å². The molecule has 1 aromatic rings. The van der Waals surface area contributed by atoms with Gasteiger partial charge in [0.05, 0.1) is 22.7 Å². The first-order valence-corrected chi connectivity index (χ1v) is 8.35. The lowest BCUT2D eigenvalue weighted by atomic mass is 10.2. The molecule has 0 saturated heterocycles. The molecule has 7 nitrogen and oxygen atoms in total. The lowest BCUT2D eigenvalue weighted by molar-refractivity contribution is -0.129. The highest BCUT2D eigenvalue weighted by molar-refractivity contribution is 7.89. The van der Waals surface area contributed by atoms with Crippen molar-refractivity contribution >= 4 is 21.6 Å². The SMILES string of the molecule is CCN(CC)C(=O)CN(C)c1ccc(S(N)(=O)=O)cc1C#N. The summed E-state index contributed by atoms with van der Waals surface area (Å²) in [5.74, 6) is -0.0630. The van der Waals surface area contributed by atoms with Gasteiger partial charge in [-0.05, 0) is 32.0 Å². The molecule has 8 heteroatoms. The lowest BCUT2D eigenvalue weighted by Crippen LogP contribution is -2.39. The molecule has 0 aromatic heterocycles. The minimum absolute atomic E-state index is 0.0630. The minimum atomic E-state index is -3.87. The van der Waals surface area contributed by atoms with Crippen LogP contribution >= 0.6 is 0 Å². The number of rotatable bonds is 6. The quantitative estimate of drug-likeness (QED) is 0.820. The van der Waals surface area contributed by atoms with Crippen LogP contribution in [0.1, 0.15) is 19.4 Å². The Hall–Kier alpha value is -2.11. The van der Waals surface area contributed by atoms with Crippen LogP contribution in [0.2, 0.25) is 0 Å². The second-order valence-corrected chi connectivity index (χ2v) is 6.32. The molecule has 0 radical (unpaired) electrons. The third kappa shape index (κ3) is 4.19. The zero-order valence-electron chi connectivity index (χ0n) is 12.9. The van der Waals surface area contributed by atoms with Gasteiger partial charge >= 0.3 is 0 Å². The van der Waals surface area contributed by atoms with E-state index in [0.717, 1.165) is 0 Å². The average molecular weight is 324 g/mol. The Kier molecular flexibility index (Phi) is 5.91. The number of hydrogen-bond acceptors (Lipinski definition) is 5. The van der Waals surface area contributed by atoms with Crippen LogP contribution < -0.4 is 10.0 Å². The molecule has 0 aliphatic carbocycles. The van der Waals surface area contributed by atoms with Crippen molar-refractivity contribution in [3.63, 3.8) is 0 Å². The lowest BCUT2D eigenvalue weighted by Gasteiger charge is -2.25. The van der Waals surface area contributed by atoms with Crippen LogP contribution in [0.25, 0.3) is 0 Å². The van der Waals surface area contributed by atoms with E-state index in [9.17, 15) is 18.5 Å². The average Bonchev–Trinajstić information content (AvgIpc) is 2.46. The number of likely N-dealkylation sites (N-methyl/N-ethyl adjacent to an activating group) is 2. The molecule has 0 spiro atoms. The van der Waals surface area contributed by atoms with E-state index in [0.29, 0.717) is 18.8 Å². The summed E-state index contributed by atoms with van der Waals surface area (Å²) in [6.07, 6.45) is 0. The first-order chi connectivity index (χ1) is 10.2. The number of nitrogens with zero attached hydrogens (tertiary/aromatic N) is 3. The predicted molar refractivity (Wildman–Crippen MR) is 83.7 cm³/mol. The number of hydrogen-bond donors (Lipinski definition) is 1. The van der Waals surface area contributed by atoms with E-state index in [1.54, 1.807) is 16.8 Å². The molecule has 0 bridgehead atoms. The number of nitriles is 1. The Bertz CT molecular complexity index is 691. The summed E-state index contributed by atoms with van der Waals surface area (Å²) < 4.78 is 22.6. The highest BCUT2D eigenvalue weighted by Crippen LogP contribution is 2.22. The second-order valence-electron chi connectivity index (χ2n) is 4.76. The fraction of sp³-hybridized carbons (Fsp3) is 0.429. The van der Waals surface area contributed by atoms with Crippen molar-refractivity contribution < 1.29 is 13.2 Å². The number of carbonyl (C=O) groups excluding carboxylic acids is 1.